The summed E-state index contributed by atoms with van der Waals surface area (Å²) in [5.74, 6) is -1.20. The molecule has 20 heavy (non-hydrogen) atoms. The summed E-state index contributed by atoms with van der Waals surface area (Å²) in [5.41, 5.74) is 0.550. The van der Waals surface area contributed by atoms with Gasteiger partial charge in [-0.1, -0.05) is 6.07 Å². The van der Waals surface area contributed by atoms with Crippen LogP contribution in [0.5, 0.6) is 0 Å². The first-order valence-electron chi connectivity index (χ1n) is 6.51. The topological polar surface area (TPSA) is 41.1 Å². The fourth-order valence-corrected chi connectivity index (χ4v) is 1.87. The van der Waals surface area contributed by atoms with Crippen molar-refractivity contribution < 1.29 is 13.6 Å². The lowest BCUT2D eigenvalue weighted by molar-refractivity contribution is -0.120. The monoisotopic (exact) mass is 304 g/mol. The first-order chi connectivity index (χ1) is 9.06. The van der Waals surface area contributed by atoms with Crippen LogP contribution in [0.1, 0.15) is 31.4 Å². The second-order valence-electron chi connectivity index (χ2n) is 5.04. The van der Waals surface area contributed by atoms with Crippen LogP contribution in [0.3, 0.4) is 0 Å². The maximum Gasteiger partial charge on any atom is 0.234 e. The molecule has 6 heteroatoms. The molecule has 0 radical (unpaired) electrons. The van der Waals surface area contributed by atoms with Crippen LogP contribution in [0.25, 0.3) is 0 Å². The van der Waals surface area contributed by atoms with Crippen LogP contribution in [0.15, 0.2) is 18.2 Å². The molecule has 0 saturated heterocycles. The highest BCUT2D eigenvalue weighted by Crippen LogP contribution is 2.27. The lowest BCUT2D eigenvalue weighted by Gasteiger charge is -2.15. The maximum atomic E-state index is 13.1. The highest BCUT2D eigenvalue weighted by atomic mass is 35.5. The summed E-state index contributed by atoms with van der Waals surface area (Å²) >= 11 is 0. The highest BCUT2D eigenvalue weighted by molar-refractivity contribution is 5.85. The summed E-state index contributed by atoms with van der Waals surface area (Å²) in [6.07, 6.45) is 2.47. The number of nitrogens with one attached hydrogen (secondary N) is 2. The Morgan fingerprint density at radius 3 is 2.65 bits per heavy atom. The predicted molar refractivity (Wildman–Crippen MR) is 75.8 cm³/mol. The standard InChI is InChI=1S/C14H18F2N2O.ClH/c1-9(11-4-5-12(15)13(16)6-11)18-14(19)8-17-7-10-2-3-10;/h4-6,9-10,17H,2-3,7-8H2,1H3,(H,18,19);1H. The zero-order valence-corrected chi connectivity index (χ0v) is 12.1. The zero-order valence-electron chi connectivity index (χ0n) is 11.3. The molecule has 0 bridgehead atoms. The lowest BCUT2D eigenvalue weighted by Crippen LogP contribution is -2.36. The Hall–Kier alpha value is -1.20. The first kappa shape index (κ1) is 16.9. The molecule has 2 rings (SSSR count). The summed E-state index contributed by atoms with van der Waals surface area (Å²) in [6.45, 7) is 2.86. The minimum absolute atomic E-state index is 0. The fraction of sp³-hybridized carbons (Fsp3) is 0.500. The summed E-state index contributed by atoms with van der Waals surface area (Å²) in [5, 5.41) is 5.82. The third-order valence-corrected chi connectivity index (χ3v) is 3.24. The van der Waals surface area contributed by atoms with Crippen LogP contribution in [-0.4, -0.2) is 19.0 Å². The van der Waals surface area contributed by atoms with Crippen LogP contribution >= 0.6 is 12.4 Å². The van der Waals surface area contributed by atoms with Gasteiger partial charge in [0, 0.05) is 0 Å². The van der Waals surface area contributed by atoms with Gasteiger partial charge in [0.2, 0.25) is 5.91 Å². The molecule has 0 aromatic heterocycles. The van der Waals surface area contributed by atoms with Gasteiger partial charge in [-0.3, -0.25) is 4.79 Å². The quantitative estimate of drug-likeness (QED) is 0.848. The number of carbonyl (C=O) groups excluding carboxylic acids is 1. The van der Waals surface area contributed by atoms with Crippen molar-refractivity contribution in [2.24, 2.45) is 5.92 Å². The van der Waals surface area contributed by atoms with Crippen molar-refractivity contribution in [2.45, 2.75) is 25.8 Å². The fourth-order valence-electron chi connectivity index (χ4n) is 1.87. The molecule has 1 amide bonds. The largest absolute Gasteiger partial charge is 0.348 e. The second-order valence-corrected chi connectivity index (χ2v) is 5.04. The molecule has 1 fully saturated rings. The molecule has 2 N–H and O–H groups in total. The molecule has 3 nitrogen and oxygen atoms in total. The number of halogens is 3. The van der Waals surface area contributed by atoms with Crippen molar-refractivity contribution in [3.8, 4) is 0 Å². The van der Waals surface area contributed by atoms with Crippen molar-refractivity contribution >= 4 is 18.3 Å². The third-order valence-electron chi connectivity index (χ3n) is 3.24. The van der Waals surface area contributed by atoms with Gasteiger partial charge in [-0.05, 0) is 49.9 Å². The molecular formula is C14H19ClF2N2O. The second kappa shape index (κ2) is 7.55. The van der Waals surface area contributed by atoms with E-state index >= 15 is 0 Å². The maximum absolute atomic E-state index is 13.1. The van der Waals surface area contributed by atoms with Crippen LogP contribution in [0.4, 0.5) is 8.78 Å². The molecule has 1 saturated carbocycles. The van der Waals surface area contributed by atoms with E-state index in [-0.39, 0.29) is 30.9 Å². The van der Waals surface area contributed by atoms with Crippen LogP contribution in [-0.2, 0) is 4.79 Å². The van der Waals surface area contributed by atoms with Gasteiger partial charge in [0.05, 0.1) is 12.6 Å². The summed E-state index contributed by atoms with van der Waals surface area (Å²) in [6, 6.07) is 3.31. The Morgan fingerprint density at radius 1 is 1.35 bits per heavy atom. The molecule has 1 atom stereocenters. The molecule has 1 aliphatic carbocycles. The Kier molecular flexibility index (Phi) is 6.36. The Labute approximate surface area is 123 Å². The van der Waals surface area contributed by atoms with Gasteiger partial charge in [0.1, 0.15) is 0 Å². The van der Waals surface area contributed by atoms with Gasteiger partial charge >= 0.3 is 0 Å². The van der Waals surface area contributed by atoms with E-state index in [1.165, 1.54) is 18.9 Å². The number of rotatable bonds is 6. The minimum atomic E-state index is -0.898. The van der Waals surface area contributed by atoms with Crippen molar-refractivity contribution in [1.29, 1.82) is 0 Å². The normalized spacial score (nSPS) is 15.3. The molecule has 0 aliphatic heterocycles. The average molecular weight is 305 g/mol. The Balaban J connectivity index is 0.00000200. The van der Waals surface area contributed by atoms with Gasteiger partial charge in [-0.15, -0.1) is 12.4 Å². The van der Waals surface area contributed by atoms with E-state index in [1.807, 2.05) is 0 Å². The summed E-state index contributed by atoms with van der Waals surface area (Å²) in [7, 11) is 0. The predicted octanol–water partition coefficient (Wildman–Crippen LogP) is 2.56. The lowest BCUT2D eigenvalue weighted by atomic mass is 10.1. The molecule has 112 valence electrons. The number of benzene rings is 1. The smallest absolute Gasteiger partial charge is 0.234 e. The molecule has 1 aromatic carbocycles. The van der Waals surface area contributed by atoms with Gasteiger partial charge in [-0.2, -0.15) is 0 Å². The van der Waals surface area contributed by atoms with Crippen molar-refractivity contribution in [2.75, 3.05) is 13.1 Å². The third kappa shape index (κ3) is 5.06. The number of hydrogen-bond donors (Lipinski definition) is 2. The van der Waals surface area contributed by atoms with Gasteiger partial charge in [0.15, 0.2) is 11.6 Å². The van der Waals surface area contributed by atoms with E-state index in [0.29, 0.717) is 5.56 Å². The van der Waals surface area contributed by atoms with Crippen molar-refractivity contribution in [3.05, 3.63) is 35.4 Å². The summed E-state index contributed by atoms with van der Waals surface area (Å²) in [4.78, 5) is 11.6. The Bertz CT molecular complexity index is 466. The van der Waals surface area contributed by atoms with E-state index in [9.17, 15) is 13.6 Å². The van der Waals surface area contributed by atoms with Gasteiger partial charge in [0.25, 0.3) is 0 Å². The minimum Gasteiger partial charge on any atom is -0.348 e. The zero-order chi connectivity index (χ0) is 13.8. The van der Waals surface area contributed by atoms with Gasteiger partial charge < -0.3 is 10.6 Å². The Morgan fingerprint density at radius 2 is 2.05 bits per heavy atom. The number of amides is 1. The number of carbonyl (C=O) groups is 1. The molecule has 0 heterocycles. The van der Waals surface area contributed by atoms with E-state index in [2.05, 4.69) is 10.6 Å². The number of hydrogen-bond acceptors (Lipinski definition) is 2. The van der Waals surface area contributed by atoms with E-state index in [4.69, 9.17) is 0 Å². The SMILES string of the molecule is CC(NC(=O)CNCC1CC1)c1ccc(F)c(F)c1.Cl. The molecular weight excluding hydrogens is 286 g/mol. The van der Waals surface area contributed by atoms with E-state index < -0.39 is 11.6 Å². The average Bonchev–Trinajstić information content (AvgIpc) is 3.16. The highest BCUT2D eigenvalue weighted by Gasteiger charge is 2.20. The molecule has 1 aromatic rings. The summed E-state index contributed by atoms with van der Waals surface area (Å²) < 4.78 is 25.9. The molecule has 1 aliphatic rings. The van der Waals surface area contributed by atoms with Crippen molar-refractivity contribution in [1.82, 2.24) is 10.6 Å². The van der Waals surface area contributed by atoms with E-state index in [1.54, 1.807) is 6.92 Å². The van der Waals surface area contributed by atoms with Crippen LogP contribution in [0.2, 0.25) is 0 Å². The van der Waals surface area contributed by atoms with Gasteiger partial charge in [-0.25, -0.2) is 8.78 Å². The van der Waals surface area contributed by atoms with Crippen LogP contribution < -0.4 is 10.6 Å². The van der Waals surface area contributed by atoms with Crippen molar-refractivity contribution in [3.63, 3.8) is 0 Å². The van der Waals surface area contributed by atoms with E-state index in [0.717, 1.165) is 24.6 Å². The first-order valence-corrected chi connectivity index (χ1v) is 6.51. The molecule has 1 unspecified atom stereocenters. The van der Waals surface area contributed by atoms with Crippen LogP contribution in [0, 0.1) is 17.6 Å². The molecule has 0 spiro atoms.